The van der Waals surface area contributed by atoms with E-state index < -0.39 is 0 Å². The Morgan fingerprint density at radius 1 is 0.857 bits per heavy atom. The van der Waals surface area contributed by atoms with E-state index in [1.54, 1.807) is 12.1 Å². The number of para-hydroxylation sites is 2. The minimum Gasteiger partial charge on any atom is -0.507 e. The number of rotatable bonds is 10. The van der Waals surface area contributed by atoms with E-state index in [0.717, 1.165) is 52.6 Å². The summed E-state index contributed by atoms with van der Waals surface area (Å²) in [6.07, 6.45) is 4.85. The zero-order valence-corrected chi connectivity index (χ0v) is 27.1. The lowest BCUT2D eigenvalue weighted by molar-refractivity contribution is 0.474. The molecule has 0 amide bonds. The van der Waals surface area contributed by atoms with Gasteiger partial charge in [-0.1, -0.05) is 106 Å². The molecule has 42 heavy (non-hydrogen) atoms. The minimum atomic E-state index is 0.282. The number of phenolic OH excluding ortho intramolecular Hbond substituents is 1. The Bertz CT molecular complexity index is 1280. The molecule has 0 aliphatic heterocycles. The Kier molecular flexibility index (Phi) is 19.9. The molecule has 3 rings (SSSR count). The Labute approximate surface area is 255 Å². The zero-order chi connectivity index (χ0) is 31.9. The molecule has 0 bridgehead atoms. The second-order valence-corrected chi connectivity index (χ2v) is 9.48. The van der Waals surface area contributed by atoms with Crippen molar-refractivity contribution in [3.05, 3.63) is 139 Å². The van der Waals surface area contributed by atoms with Crippen molar-refractivity contribution >= 4 is 11.3 Å². The third kappa shape index (κ3) is 15.4. The van der Waals surface area contributed by atoms with Gasteiger partial charge in [0.2, 0.25) is 0 Å². The summed E-state index contributed by atoms with van der Waals surface area (Å²) >= 11 is 0. The number of likely N-dealkylation sites (N-methyl/N-ethyl adjacent to an activating group) is 1. The number of aromatic hydroxyl groups is 1. The van der Waals surface area contributed by atoms with Crippen LogP contribution in [0.15, 0.2) is 128 Å². The lowest BCUT2D eigenvalue weighted by atomic mass is 10.0. The Morgan fingerprint density at radius 3 is 1.95 bits per heavy atom. The lowest BCUT2D eigenvalue weighted by Crippen LogP contribution is -2.11. The minimum absolute atomic E-state index is 0.282. The van der Waals surface area contributed by atoms with Crippen LogP contribution in [0.1, 0.15) is 66.0 Å². The lowest BCUT2D eigenvalue weighted by Gasteiger charge is -2.11. The van der Waals surface area contributed by atoms with Crippen LogP contribution in [0.25, 0.3) is 11.3 Å². The molecule has 0 radical (unpaired) electrons. The maximum absolute atomic E-state index is 9.50. The van der Waals surface area contributed by atoms with Crippen LogP contribution in [-0.2, 0) is 0 Å². The molecular weight excluding hydrogens is 516 g/mol. The number of nitrogens with one attached hydrogen (secondary N) is 2. The van der Waals surface area contributed by atoms with Crippen LogP contribution in [-0.4, -0.2) is 18.7 Å². The maximum Gasteiger partial charge on any atom is 0.128 e. The molecule has 0 atom stereocenters. The van der Waals surface area contributed by atoms with Crippen molar-refractivity contribution in [2.24, 2.45) is 0 Å². The van der Waals surface area contributed by atoms with E-state index in [9.17, 15) is 5.11 Å². The second kappa shape index (κ2) is 22.3. The predicted molar refractivity (Wildman–Crippen MR) is 186 cm³/mol. The Hall–Kier alpha value is -4.44. The van der Waals surface area contributed by atoms with Gasteiger partial charge in [-0.3, -0.25) is 0 Å². The third-order valence-electron chi connectivity index (χ3n) is 5.47. The number of benzene rings is 3. The Morgan fingerprint density at radius 2 is 1.45 bits per heavy atom. The molecule has 3 aromatic rings. The number of ether oxygens (including phenoxy) is 1. The summed E-state index contributed by atoms with van der Waals surface area (Å²) in [5.74, 6) is 1.94. The second-order valence-electron chi connectivity index (χ2n) is 9.48. The van der Waals surface area contributed by atoms with Crippen molar-refractivity contribution in [3.63, 3.8) is 0 Å². The van der Waals surface area contributed by atoms with Gasteiger partial charge in [-0.25, -0.2) is 0 Å². The standard InChI is InChI=1S/C17H19NO.C12H14O.C7H13N.C2H6/c1-3-12-18-14(2)15-8-7-11-17(13-15)19-16-9-5-4-6-10-16;1-9(2)8-10(3)11-6-4-5-7-12(11)13;1-5-7(8-4)6(2)3;1-2/h4-11,13,18H,2-3,12H2,1H3;4-8,13H,3H2,1-2H3;5,8H,1H2,2-4H3;1-2H3. The van der Waals surface area contributed by atoms with Crippen LogP contribution in [0.2, 0.25) is 0 Å². The number of hydrogen-bond acceptors (Lipinski definition) is 4. The molecule has 0 aliphatic carbocycles. The van der Waals surface area contributed by atoms with Gasteiger partial charge < -0.3 is 20.5 Å². The molecule has 0 saturated carbocycles. The molecule has 0 spiro atoms. The van der Waals surface area contributed by atoms with Crippen molar-refractivity contribution in [1.29, 1.82) is 0 Å². The van der Waals surface area contributed by atoms with Crippen molar-refractivity contribution in [2.75, 3.05) is 13.6 Å². The fourth-order valence-electron chi connectivity index (χ4n) is 3.48. The fourth-order valence-corrected chi connectivity index (χ4v) is 3.48. The van der Waals surface area contributed by atoms with Crippen LogP contribution in [0.3, 0.4) is 0 Å². The summed E-state index contributed by atoms with van der Waals surface area (Å²) in [6, 6.07) is 24.9. The van der Waals surface area contributed by atoms with Crippen molar-refractivity contribution in [2.45, 2.75) is 54.9 Å². The molecular formula is C38H52N2O2. The fraction of sp³-hybridized carbons (Fsp3) is 0.263. The molecule has 0 unspecified atom stereocenters. The molecule has 3 aromatic carbocycles. The number of hydrogen-bond donors (Lipinski definition) is 3. The van der Waals surface area contributed by atoms with Gasteiger partial charge in [-0.05, 0) is 76.1 Å². The van der Waals surface area contributed by atoms with E-state index in [2.05, 4.69) is 37.3 Å². The molecule has 226 valence electrons. The highest BCUT2D eigenvalue weighted by molar-refractivity contribution is 5.76. The highest BCUT2D eigenvalue weighted by Crippen LogP contribution is 2.25. The quantitative estimate of drug-likeness (QED) is 0.213. The first-order chi connectivity index (χ1) is 20.1. The molecule has 0 fully saturated rings. The summed E-state index contributed by atoms with van der Waals surface area (Å²) in [5.41, 5.74) is 7.18. The van der Waals surface area contributed by atoms with Gasteiger partial charge in [0.25, 0.3) is 0 Å². The van der Waals surface area contributed by atoms with E-state index in [-0.39, 0.29) is 5.75 Å². The average molecular weight is 569 g/mol. The molecule has 0 aliphatic rings. The van der Waals surface area contributed by atoms with Crippen LogP contribution >= 0.6 is 0 Å². The topological polar surface area (TPSA) is 53.5 Å². The van der Waals surface area contributed by atoms with E-state index in [1.807, 2.05) is 127 Å². The summed E-state index contributed by atoms with van der Waals surface area (Å²) in [7, 11) is 1.89. The third-order valence-corrected chi connectivity index (χ3v) is 5.47. The summed E-state index contributed by atoms with van der Waals surface area (Å²) in [5, 5.41) is 15.8. The monoisotopic (exact) mass is 568 g/mol. The van der Waals surface area contributed by atoms with Gasteiger partial charge in [0.15, 0.2) is 0 Å². The van der Waals surface area contributed by atoms with Gasteiger partial charge in [0, 0.05) is 36.1 Å². The van der Waals surface area contributed by atoms with Gasteiger partial charge in [-0.15, -0.1) is 0 Å². The van der Waals surface area contributed by atoms with Crippen molar-refractivity contribution in [3.8, 4) is 17.2 Å². The van der Waals surface area contributed by atoms with Crippen molar-refractivity contribution < 1.29 is 9.84 Å². The first kappa shape index (κ1) is 37.6. The predicted octanol–water partition coefficient (Wildman–Crippen LogP) is 10.5. The van der Waals surface area contributed by atoms with Gasteiger partial charge >= 0.3 is 0 Å². The number of allylic oxidation sites excluding steroid dienone is 5. The van der Waals surface area contributed by atoms with Crippen LogP contribution in [0.5, 0.6) is 17.2 Å². The zero-order valence-electron chi connectivity index (χ0n) is 27.1. The highest BCUT2D eigenvalue weighted by atomic mass is 16.5. The normalized spacial score (nSPS) is 9.05. The van der Waals surface area contributed by atoms with Crippen LogP contribution < -0.4 is 15.4 Å². The smallest absolute Gasteiger partial charge is 0.128 e. The van der Waals surface area contributed by atoms with E-state index >= 15 is 0 Å². The highest BCUT2D eigenvalue weighted by Gasteiger charge is 2.02. The summed E-state index contributed by atoms with van der Waals surface area (Å²) in [4.78, 5) is 0. The molecule has 0 heterocycles. The van der Waals surface area contributed by atoms with E-state index in [4.69, 9.17) is 4.74 Å². The molecule has 4 nitrogen and oxygen atoms in total. The summed E-state index contributed by atoms with van der Waals surface area (Å²) in [6.45, 7) is 26.7. The summed E-state index contributed by atoms with van der Waals surface area (Å²) < 4.78 is 5.80. The van der Waals surface area contributed by atoms with E-state index in [1.165, 1.54) is 11.1 Å². The molecule has 0 aromatic heterocycles. The van der Waals surface area contributed by atoms with Gasteiger partial charge in [0.05, 0.1) is 0 Å². The van der Waals surface area contributed by atoms with Gasteiger partial charge in [0.1, 0.15) is 17.2 Å². The molecule has 0 saturated heterocycles. The van der Waals surface area contributed by atoms with Crippen LogP contribution in [0, 0.1) is 0 Å². The first-order valence-corrected chi connectivity index (χ1v) is 14.5. The van der Waals surface area contributed by atoms with Crippen LogP contribution in [0.4, 0.5) is 0 Å². The van der Waals surface area contributed by atoms with Gasteiger partial charge in [-0.2, -0.15) is 0 Å². The molecule has 3 N–H and O–H groups in total. The Balaban J connectivity index is 0.000000635. The maximum atomic E-state index is 9.50. The van der Waals surface area contributed by atoms with E-state index in [0.29, 0.717) is 0 Å². The largest absolute Gasteiger partial charge is 0.507 e. The number of phenols is 1. The first-order valence-electron chi connectivity index (χ1n) is 14.5. The average Bonchev–Trinajstić information content (AvgIpc) is 2.98. The SMILES string of the molecule is C=C(C=C(C)C)c1ccccc1O.C=C(NCCC)c1cccc(Oc2ccccc2)c1.C=CC(NC)=C(C)C.CC. The van der Waals surface area contributed by atoms with Crippen molar-refractivity contribution in [1.82, 2.24) is 10.6 Å². The molecule has 4 heteroatoms.